The van der Waals surface area contributed by atoms with Gasteiger partial charge >= 0.3 is 0 Å². The Morgan fingerprint density at radius 1 is 0.958 bits per heavy atom. The van der Waals surface area contributed by atoms with E-state index in [1.807, 2.05) is 56.3 Å². The highest BCUT2D eigenvalue weighted by Gasteiger charge is 2.14. The Bertz CT molecular complexity index is 592. The second-order valence-electron chi connectivity index (χ2n) is 4.92. The molecule has 0 aliphatic rings. The highest BCUT2D eigenvalue weighted by molar-refractivity contribution is 5.64. The summed E-state index contributed by atoms with van der Waals surface area (Å²) in [5.74, 6) is 0. The van der Waals surface area contributed by atoms with Crippen molar-refractivity contribution >= 4 is 11.4 Å². The highest BCUT2D eigenvalue weighted by Crippen LogP contribution is 2.26. The third-order valence-electron chi connectivity index (χ3n) is 3.41. The maximum atomic E-state index is 10.1. The van der Waals surface area contributed by atoms with Crippen molar-refractivity contribution in [2.24, 2.45) is 0 Å². The molecule has 2 aromatic carbocycles. The summed E-state index contributed by atoms with van der Waals surface area (Å²) in [5.41, 5.74) is 2.98. The number of anilines is 2. The molecule has 0 fully saturated rings. The SMILES string of the molecule is C=C/C=C(\CN(c1ccccc1)c1ccccc1)C(O)C=C.CC. The number of para-hydroxylation sites is 2. The summed E-state index contributed by atoms with van der Waals surface area (Å²) < 4.78 is 0. The summed E-state index contributed by atoms with van der Waals surface area (Å²) in [6.45, 7) is 12.0. The molecule has 2 nitrogen and oxygen atoms in total. The third kappa shape index (κ3) is 5.56. The van der Waals surface area contributed by atoms with E-state index in [9.17, 15) is 5.11 Å². The number of nitrogens with zero attached hydrogens (tertiary/aromatic N) is 1. The Hall–Kier alpha value is -2.58. The van der Waals surface area contributed by atoms with Crippen LogP contribution in [0.3, 0.4) is 0 Å². The molecule has 1 atom stereocenters. The molecule has 0 amide bonds. The van der Waals surface area contributed by atoms with Gasteiger partial charge < -0.3 is 10.0 Å². The van der Waals surface area contributed by atoms with Gasteiger partial charge in [0.25, 0.3) is 0 Å². The van der Waals surface area contributed by atoms with Crippen LogP contribution in [0.15, 0.2) is 97.6 Å². The number of aliphatic hydroxyl groups is 1. The lowest BCUT2D eigenvalue weighted by molar-refractivity contribution is 0.258. The quantitative estimate of drug-likeness (QED) is 0.537. The first kappa shape index (κ1) is 19.5. The maximum absolute atomic E-state index is 10.1. The van der Waals surface area contributed by atoms with Crippen molar-refractivity contribution in [2.75, 3.05) is 11.4 Å². The number of allylic oxidation sites excluding steroid dienone is 2. The van der Waals surface area contributed by atoms with Crippen LogP contribution in [-0.4, -0.2) is 17.8 Å². The van der Waals surface area contributed by atoms with Gasteiger partial charge in [-0.15, -0.1) is 6.58 Å². The van der Waals surface area contributed by atoms with Gasteiger partial charge in [0.15, 0.2) is 0 Å². The monoisotopic (exact) mass is 321 g/mol. The average molecular weight is 321 g/mol. The molecule has 0 saturated heterocycles. The van der Waals surface area contributed by atoms with Gasteiger partial charge in [-0.25, -0.2) is 0 Å². The van der Waals surface area contributed by atoms with Crippen molar-refractivity contribution in [1.29, 1.82) is 0 Å². The zero-order valence-corrected chi connectivity index (χ0v) is 14.6. The Kier molecular flexibility index (Phi) is 8.95. The van der Waals surface area contributed by atoms with Crippen molar-refractivity contribution < 1.29 is 5.11 Å². The van der Waals surface area contributed by atoms with Crippen molar-refractivity contribution in [3.05, 3.63) is 97.6 Å². The Morgan fingerprint density at radius 2 is 1.42 bits per heavy atom. The zero-order chi connectivity index (χ0) is 17.8. The van der Waals surface area contributed by atoms with Crippen LogP contribution in [0.5, 0.6) is 0 Å². The van der Waals surface area contributed by atoms with E-state index in [1.54, 1.807) is 6.08 Å². The molecular formula is C22H27NO. The maximum Gasteiger partial charge on any atom is 0.0949 e. The summed E-state index contributed by atoms with van der Waals surface area (Å²) in [7, 11) is 0. The summed E-state index contributed by atoms with van der Waals surface area (Å²) in [6, 6.07) is 20.2. The van der Waals surface area contributed by atoms with Gasteiger partial charge in [-0.3, -0.25) is 0 Å². The average Bonchev–Trinajstić information content (AvgIpc) is 2.67. The fraction of sp³-hybridized carbons (Fsp3) is 0.182. The van der Waals surface area contributed by atoms with E-state index < -0.39 is 6.10 Å². The second-order valence-corrected chi connectivity index (χ2v) is 4.92. The van der Waals surface area contributed by atoms with Gasteiger partial charge in [-0.2, -0.15) is 0 Å². The fourth-order valence-electron chi connectivity index (χ4n) is 2.28. The molecule has 2 rings (SSSR count). The lowest BCUT2D eigenvalue weighted by Crippen LogP contribution is -2.24. The second kappa shape index (κ2) is 11.0. The van der Waals surface area contributed by atoms with Gasteiger partial charge in [0.1, 0.15) is 0 Å². The van der Waals surface area contributed by atoms with E-state index >= 15 is 0 Å². The van der Waals surface area contributed by atoms with Crippen LogP contribution < -0.4 is 4.90 Å². The first-order valence-electron chi connectivity index (χ1n) is 8.26. The number of benzene rings is 2. The van der Waals surface area contributed by atoms with Crippen LogP contribution in [0, 0.1) is 0 Å². The molecular weight excluding hydrogens is 294 g/mol. The molecule has 0 radical (unpaired) electrons. The number of hydrogen-bond donors (Lipinski definition) is 1. The van der Waals surface area contributed by atoms with E-state index in [4.69, 9.17) is 0 Å². The van der Waals surface area contributed by atoms with E-state index in [0.29, 0.717) is 6.54 Å². The summed E-state index contributed by atoms with van der Waals surface area (Å²) in [6.07, 6.45) is 4.37. The molecule has 0 aromatic heterocycles. The lowest BCUT2D eigenvalue weighted by atomic mass is 10.1. The smallest absolute Gasteiger partial charge is 0.0949 e. The molecule has 2 heteroatoms. The van der Waals surface area contributed by atoms with Gasteiger partial charge in [0.2, 0.25) is 0 Å². The largest absolute Gasteiger partial charge is 0.385 e. The van der Waals surface area contributed by atoms with Gasteiger partial charge in [-0.05, 0) is 29.8 Å². The van der Waals surface area contributed by atoms with Crippen LogP contribution in [0.4, 0.5) is 11.4 Å². The third-order valence-corrected chi connectivity index (χ3v) is 3.41. The fourth-order valence-corrected chi connectivity index (χ4v) is 2.28. The Balaban J connectivity index is 0.00000139. The van der Waals surface area contributed by atoms with Gasteiger partial charge in [0.05, 0.1) is 6.10 Å². The predicted octanol–water partition coefficient (Wildman–Crippen LogP) is 5.51. The molecule has 0 spiro atoms. The van der Waals surface area contributed by atoms with E-state index in [2.05, 4.69) is 42.3 Å². The van der Waals surface area contributed by atoms with Crippen molar-refractivity contribution in [3.8, 4) is 0 Å². The standard InChI is InChI=1S/C20H21NO.C2H6/c1-3-11-17(20(22)4-2)16-21(18-12-7-5-8-13-18)19-14-9-6-10-15-19;1-2/h3-15,20,22H,1-2,16H2;1-2H3/b17-11+;. The minimum Gasteiger partial charge on any atom is -0.385 e. The van der Waals surface area contributed by atoms with E-state index in [-0.39, 0.29) is 0 Å². The molecule has 24 heavy (non-hydrogen) atoms. The molecule has 0 heterocycles. The number of rotatable bonds is 7. The van der Waals surface area contributed by atoms with Crippen LogP contribution >= 0.6 is 0 Å². The molecule has 0 saturated carbocycles. The van der Waals surface area contributed by atoms with E-state index in [1.165, 1.54) is 6.08 Å². The first-order valence-corrected chi connectivity index (χ1v) is 8.26. The van der Waals surface area contributed by atoms with E-state index in [0.717, 1.165) is 16.9 Å². The van der Waals surface area contributed by atoms with Crippen LogP contribution in [0.1, 0.15) is 13.8 Å². The summed E-state index contributed by atoms with van der Waals surface area (Å²) in [5, 5.41) is 10.1. The van der Waals surface area contributed by atoms with Crippen LogP contribution in [0.2, 0.25) is 0 Å². The molecule has 1 unspecified atom stereocenters. The Labute approximate surface area is 146 Å². The Morgan fingerprint density at radius 3 is 1.79 bits per heavy atom. The number of hydrogen-bond acceptors (Lipinski definition) is 2. The molecule has 0 aliphatic heterocycles. The van der Waals surface area contributed by atoms with Crippen LogP contribution in [-0.2, 0) is 0 Å². The van der Waals surface area contributed by atoms with Gasteiger partial charge in [0, 0.05) is 17.9 Å². The predicted molar refractivity (Wildman–Crippen MR) is 106 cm³/mol. The lowest BCUT2D eigenvalue weighted by Gasteiger charge is -2.27. The molecule has 0 bridgehead atoms. The number of aliphatic hydroxyl groups excluding tert-OH is 1. The minimum atomic E-state index is -0.687. The molecule has 126 valence electrons. The van der Waals surface area contributed by atoms with Crippen molar-refractivity contribution in [1.82, 2.24) is 0 Å². The minimum absolute atomic E-state index is 0.563. The summed E-state index contributed by atoms with van der Waals surface area (Å²) >= 11 is 0. The highest BCUT2D eigenvalue weighted by atomic mass is 16.3. The summed E-state index contributed by atoms with van der Waals surface area (Å²) in [4.78, 5) is 2.15. The van der Waals surface area contributed by atoms with Crippen molar-refractivity contribution in [3.63, 3.8) is 0 Å². The normalized spacial score (nSPS) is 11.7. The first-order chi connectivity index (χ1) is 11.8. The topological polar surface area (TPSA) is 23.5 Å². The zero-order valence-electron chi connectivity index (χ0n) is 14.6. The molecule has 0 aliphatic carbocycles. The van der Waals surface area contributed by atoms with Gasteiger partial charge in [-0.1, -0.05) is 75.1 Å². The van der Waals surface area contributed by atoms with Crippen LogP contribution in [0.25, 0.3) is 0 Å². The van der Waals surface area contributed by atoms with Crippen molar-refractivity contribution in [2.45, 2.75) is 20.0 Å². The molecule has 2 aromatic rings. The molecule has 1 N–H and O–H groups in total.